The number of rotatable bonds is 3. The average Bonchev–Trinajstić information content (AvgIpc) is 3.29. The molecular weight excluding hydrogens is 364 g/mol. The predicted molar refractivity (Wildman–Crippen MR) is 111 cm³/mol. The van der Waals surface area contributed by atoms with Gasteiger partial charge in [-0.3, -0.25) is 4.79 Å². The van der Waals surface area contributed by atoms with Crippen LogP contribution in [0, 0.1) is 35.0 Å². The largest absolute Gasteiger partial charge is 0.466 e. The number of hydrogen-bond acceptors (Lipinski definition) is 4. The van der Waals surface area contributed by atoms with E-state index in [0.717, 1.165) is 26.1 Å². The van der Waals surface area contributed by atoms with Gasteiger partial charge in [0.2, 0.25) is 0 Å². The second kappa shape index (κ2) is 7.23. The molecular formula is C25H36O4. The van der Waals surface area contributed by atoms with Crippen molar-refractivity contribution in [3.63, 3.8) is 0 Å². The highest BCUT2D eigenvalue weighted by molar-refractivity contribution is 5.65. The summed E-state index contributed by atoms with van der Waals surface area (Å²) in [4.78, 5) is 11.3. The number of carbonyl (C=O) groups excluding carboxylic acids is 1. The maximum Gasteiger partial charge on any atom is 0.302 e. The number of fused-ring (bicyclic) bond motifs is 5. The van der Waals surface area contributed by atoms with Crippen molar-refractivity contribution in [1.29, 1.82) is 0 Å². The van der Waals surface area contributed by atoms with E-state index in [1.54, 1.807) is 11.1 Å². The molecule has 4 nitrogen and oxygen atoms in total. The van der Waals surface area contributed by atoms with Gasteiger partial charge in [0.25, 0.3) is 0 Å². The molecule has 4 aliphatic carbocycles. The highest BCUT2D eigenvalue weighted by Gasteiger charge is 2.55. The summed E-state index contributed by atoms with van der Waals surface area (Å²) >= 11 is 0. The van der Waals surface area contributed by atoms with E-state index in [1.807, 2.05) is 0 Å². The van der Waals surface area contributed by atoms with Crippen LogP contribution in [0.2, 0.25) is 0 Å². The molecule has 0 aromatic rings. The monoisotopic (exact) mass is 400 g/mol. The molecule has 0 radical (unpaired) electrons. The van der Waals surface area contributed by atoms with Gasteiger partial charge < -0.3 is 14.2 Å². The Morgan fingerprint density at radius 3 is 2.66 bits per heavy atom. The van der Waals surface area contributed by atoms with Gasteiger partial charge in [-0.2, -0.15) is 0 Å². The molecule has 4 heteroatoms. The molecule has 160 valence electrons. The molecule has 3 saturated carbocycles. The third kappa shape index (κ3) is 3.22. The Hall–Kier alpha value is -1.13. The number of ether oxygens (including phenoxy) is 3. The molecule has 0 N–H and O–H groups in total. The smallest absolute Gasteiger partial charge is 0.302 e. The van der Waals surface area contributed by atoms with Crippen LogP contribution in [0.25, 0.3) is 0 Å². The zero-order valence-corrected chi connectivity index (χ0v) is 18.2. The minimum atomic E-state index is -0.318. The van der Waals surface area contributed by atoms with Crippen molar-refractivity contribution >= 4 is 5.97 Å². The summed E-state index contributed by atoms with van der Waals surface area (Å²) in [6.45, 7) is 8.38. The van der Waals surface area contributed by atoms with Crippen molar-refractivity contribution in [2.24, 2.45) is 35.0 Å². The van der Waals surface area contributed by atoms with Crippen molar-refractivity contribution < 1.29 is 19.0 Å². The Labute approximate surface area is 175 Å². The molecule has 1 aliphatic heterocycles. The van der Waals surface area contributed by atoms with Crippen molar-refractivity contribution in [3.05, 3.63) is 23.3 Å². The first-order valence-electron chi connectivity index (χ1n) is 11.7. The SMILES string of the molecule is CC(=O)OC[C@@H](C)C1CCC2C3=CC=C4CC5(CCC4C3CC[C@@]21C)OCCO5. The fourth-order valence-corrected chi connectivity index (χ4v) is 7.72. The van der Waals surface area contributed by atoms with E-state index in [2.05, 4.69) is 26.0 Å². The van der Waals surface area contributed by atoms with Gasteiger partial charge in [-0.15, -0.1) is 0 Å². The Morgan fingerprint density at radius 1 is 1.14 bits per heavy atom. The number of allylic oxidation sites excluding steroid dienone is 3. The van der Waals surface area contributed by atoms with Crippen LogP contribution in [0.1, 0.15) is 65.7 Å². The van der Waals surface area contributed by atoms with E-state index in [4.69, 9.17) is 14.2 Å². The summed E-state index contributed by atoms with van der Waals surface area (Å²) in [5, 5.41) is 0. The zero-order valence-electron chi connectivity index (χ0n) is 18.2. The normalized spacial score (nSPS) is 41.1. The summed E-state index contributed by atoms with van der Waals surface area (Å²) in [7, 11) is 0. The highest BCUT2D eigenvalue weighted by Crippen LogP contribution is 2.63. The third-order valence-corrected chi connectivity index (χ3v) is 9.05. The average molecular weight is 401 g/mol. The summed E-state index contributed by atoms with van der Waals surface area (Å²) in [6, 6.07) is 0. The number of esters is 1. The second-order valence-electron chi connectivity index (χ2n) is 10.5. The van der Waals surface area contributed by atoms with Gasteiger partial charge in [0, 0.05) is 19.8 Å². The molecule has 1 heterocycles. The van der Waals surface area contributed by atoms with E-state index < -0.39 is 0 Å². The maximum atomic E-state index is 11.3. The molecule has 0 aromatic carbocycles. The maximum absolute atomic E-state index is 11.3. The highest BCUT2D eigenvalue weighted by atomic mass is 16.7. The first-order valence-corrected chi connectivity index (χ1v) is 11.7. The molecule has 6 atom stereocenters. The topological polar surface area (TPSA) is 44.8 Å². The summed E-state index contributed by atoms with van der Waals surface area (Å²) in [5.74, 6) is 2.71. The lowest BCUT2D eigenvalue weighted by atomic mass is 9.54. The summed E-state index contributed by atoms with van der Waals surface area (Å²) < 4.78 is 17.4. The van der Waals surface area contributed by atoms with Gasteiger partial charge in [-0.25, -0.2) is 0 Å². The molecule has 5 rings (SSSR count). The van der Waals surface area contributed by atoms with E-state index in [-0.39, 0.29) is 11.8 Å². The molecule has 29 heavy (non-hydrogen) atoms. The van der Waals surface area contributed by atoms with Gasteiger partial charge >= 0.3 is 5.97 Å². The minimum absolute atomic E-state index is 0.154. The van der Waals surface area contributed by atoms with Gasteiger partial charge in [-0.05, 0) is 67.1 Å². The summed E-state index contributed by atoms with van der Waals surface area (Å²) in [6.07, 6.45) is 13.3. The number of carbonyl (C=O) groups is 1. The number of hydrogen-bond donors (Lipinski definition) is 0. The lowest BCUT2D eigenvalue weighted by Gasteiger charge is -2.51. The Kier molecular flexibility index (Phi) is 4.94. The predicted octanol–water partition coefficient (Wildman–Crippen LogP) is 5.04. The lowest BCUT2D eigenvalue weighted by Crippen LogP contribution is -2.45. The Morgan fingerprint density at radius 2 is 1.90 bits per heavy atom. The van der Waals surface area contributed by atoms with Gasteiger partial charge in [0.05, 0.1) is 19.8 Å². The van der Waals surface area contributed by atoms with Gasteiger partial charge in [0.1, 0.15) is 0 Å². The molecule has 4 unspecified atom stereocenters. The quantitative estimate of drug-likeness (QED) is 0.623. The van der Waals surface area contributed by atoms with Crippen LogP contribution in [-0.2, 0) is 19.0 Å². The molecule has 4 fully saturated rings. The molecule has 0 aromatic heterocycles. The van der Waals surface area contributed by atoms with E-state index >= 15 is 0 Å². The van der Waals surface area contributed by atoms with Crippen LogP contribution in [-0.4, -0.2) is 31.6 Å². The molecule has 1 saturated heterocycles. The van der Waals surface area contributed by atoms with Crippen LogP contribution < -0.4 is 0 Å². The molecule has 5 aliphatic rings. The summed E-state index contributed by atoms with van der Waals surface area (Å²) in [5.41, 5.74) is 3.63. The van der Waals surface area contributed by atoms with Gasteiger partial charge in [0.15, 0.2) is 5.79 Å². The second-order valence-corrected chi connectivity index (χ2v) is 10.5. The van der Waals surface area contributed by atoms with Crippen molar-refractivity contribution in [2.45, 2.75) is 71.5 Å². The fraction of sp³-hybridized carbons (Fsp3) is 0.800. The Balaban J connectivity index is 1.36. The first-order chi connectivity index (χ1) is 13.9. The van der Waals surface area contributed by atoms with Gasteiger partial charge in [-0.1, -0.05) is 37.1 Å². The van der Waals surface area contributed by atoms with Crippen LogP contribution in [0.4, 0.5) is 0 Å². The standard InChI is InChI=1S/C25H36O4/c1-16(15-27-17(2)26)22-6-7-23-21-5-4-18-14-25(28-12-13-29-25)11-9-19(18)20(21)8-10-24(22,23)3/h4-5,16,19-20,22-23H,6-15H2,1-3H3/t16-,19?,20?,22?,23?,24-/m1/s1. The van der Waals surface area contributed by atoms with E-state index in [9.17, 15) is 4.79 Å². The van der Waals surface area contributed by atoms with E-state index in [1.165, 1.54) is 39.0 Å². The third-order valence-electron chi connectivity index (χ3n) is 9.05. The molecule has 1 spiro atoms. The molecule has 0 bridgehead atoms. The van der Waals surface area contributed by atoms with Crippen molar-refractivity contribution in [1.82, 2.24) is 0 Å². The molecule has 0 amide bonds. The Bertz CT molecular complexity index is 731. The van der Waals surface area contributed by atoms with Crippen LogP contribution in [0.5, 0.6) is 0 Å². The van der Waals surface area contributed by atoms with Crippen LogP contribution >= 0.6 is 0 Å². The van der Waals surface area contributed by atoms with Crippen LogP contribution in [0.15, 0.2) is 23.3 Å². The van der Waals surface area contributed by atoms with Crippen molar-refractivity contribution in [2.75, 3.05) is 19.8 Å². The minimum Gasteiger partial charge on any atom is -0.466 e. The first kappa shape index (κ1) is 19.8. The van der Waals surface area contributed by atoms with Crippen molar-refractivity contribution in [3.8, 4) is 0 Å². The van der Waals surface area contributed by atoms with Crippen LogP contribution in [0.3, 0.4) is 0 Å². The zero-order chi connectivity index (χ0) is 20.2. The van der Waals surface area contributed by atoms with E-state index in [0.29, 0.717) is 41.6 Å². The lowest BCUT2D eigenvalue weighted by molar-refractivity contribution is -0.173. The fourth-order valence-electron chi connectivity index (χ4n) is 7.72.